The molecular formula is C32H29BrO4. The topological polar surface area (TPSA) is 52.6 Å². The van der Waals surface area contributed by atoms with E-state index in [1.54, 1.807) is 0 Å². The van der Waals surface area contributed by atoms with Gasteiger partial charge in [0.25, 0.3) is 0 Å². The maximum atomic E-state index is 13.3. The molecule has 0 radical (unpaired) electrons. The Balaban J connectivity index is 1.33. The van der Waals surface area contributed by atoms with Crippen LogP contribution < -0.4 is 9.47 Å². The molecule has 0 saturated carbocycles. The number of Topliss-reactive ketones (excluding diaryl/α,β-unsaturated/α-hetero) is 1. The molecule has 2 atom stereocenters. The molecule has 0 saturated heterocycles. The molecule has 0 aliphatic carbocycles. The molecule has 4 nitrogen and oxygen atoms in total. The Labute approximate surface area is 226 Å². The van der Waals surface area contributed by atoms with Crippen LogP contribution in [0.5, 0.6) is 11.5 Å². The second kappa shape index (κ2) is 13.6. The van der Waals surface area contributed by atoms with Crippen molar-refractivity contribution in [3.05, 3.63) is 131 Å². The Morgan fingerprint density at radius 2 is 1.16 bits per heavy atom. The quantitative estimate of drug-likeness (QED) is 0.130. The van der Waals surface area contributed by atoms with E-state index in [1.807, 2.05) is 109 Å². The van der Waals surface area contributed by atoms with Crippen molar-refractivity contribution in [1.82, 2.24) is 0 Å². The predicted molar refractivity (Wildman–Crippen MR) is 149 cm³/mol. The zero-order chi connectivity index (χ0) is 25.9. The van der Waals surface area contributed by atoms with Gasteiger partial charge in [-0.15, -0.1) is 0 Å². The van der Waals surface area contributed by atoms with E-state index in [-0.39, 0.29) is 12.2 Å². The van der Waals surface area contributed by atoms with Crippen molar-refractivity contribution in [2.24, 2.45) is 0 Å². The van der Waals surface area contributed by atoms with E-state index in [9.17, 15) is 9.59 Å². The predicted octanol–water partition coefficient (Wildman–Crippen LogP) is 7.09. The van der Waals surface area contributed by atoms with Gasteiger partial charge in [0, 0.05) is 6.42 Å². The molecule has 0 N–H and O–H groups in total. The summed E-state index contributed by atoms with van der Waals surface area (Å²) in [6.45, 7) is 0.972. The number of carbonyl (C=O) groups excluding carboxylic acids is 2. The van der Waals surface area contributed by atoms with Gasteiger partial charge in [0.2, 0.25) is 0 Å². The third-order valence-electron chi connectivity index (χ3n) is 6.10. The highest BCUT2D eigenvalue weighted by Gasteiger charge is 2.26. The third-order valence-corrected chi connectivity index (χ3v) is 6.88. The van der Waals surface area contributed by atoms with Gasteiger partial charge in [-0.05, 0) is 52.9 Å². The van der Waals surface area contributed by atoms with Gasteiger partial charge in [-0.25, -0.2) is 0 Å². The zero-order valence-corrected chi connectivity index (χ0v) is 22.0. The van der Waals surface area contributed by atoms with Gasteiger partial charge >= 0.3 is 0 Å². The summed E-state index contributed by atoms with van der Waals surface area (Å²) in [6, 6.07) is 35.1. The van der Waals surface area contributed by atoms with Gasteiger partial charge in [0.1, 0.15) is 31.0 Å². The average Bonchev–Trinajstić information content (AvgIpc) is 2.95. The number of carbonyl (C=O) groups is 2. The fraction of sp³-hybridized carbons (Fsp3) is 0.188. The molecule has 0 aliphatic rings. The molecule has 4 aromatic carbocycles. The number of halogens is 1. The van der Waals surface area contributed by atoms with E-state index >= 15 is 0 Å². The number of benzene rings is 4. The molecule has 0 bridgehead atoms. The molecule has 0 fully saturated rings. The van der Waals surface area contributed by atoms with Crippen molar-refractivity contribution in [3.8, 4) is 11.5 Å². The van der Waals surface area contributed by atoms with E-state index in [0.29, 0.717) is 19.6 Å². The maximum Gasteiger partial charge on any atom is 0.154 e. The summed E-state index contributed by atoms with van der Waals surface area (Å²) >= 11 is 3.57. The van der Waals surface area contributed by atoms with Crippen molar-refractivity contribution in [1.29, 1.82) is 0 Å². The Hall–Kier alpha value is -3.70. The molecule has 0 spiro atoms. The smallest absolute Gasteiger partial charge is 0.154 e. The minimum Gasteiger partial charge on any atom is -0.489 e. The summed E-state index contributed by atoms with van der Waals surface area (Å²) in [4.78, 5) is 24.3. The highest BCUT2D eigenvalue weighted by Crippen LogP contribution is 2.28. The number of rotatable bonds is 13. The molecule has 37 heavy (non-hydrogen) atoms. The van der Waals surface area contributed by atoms with Crippen molar-refractivity contribution in [3.63, 3.8) is 0 Å². The minimum absolute atomic E-state index is 0.0190. The first-order chi connectivity index (χ1) is 18.1. The number of ether oxygens (including phenoxy) is 2. The monoisotopic (exact) mass is 556 g/mol. The summed E-state index contributed by atoms with van der Waals surface area (Å²) in [5, 5.41) is 0. The lowest BCUT2D eigenvalue weighted by atomic mass is 9.89. The maximum absolute atomic E-state index is 13.3. The number of aldehydes is 1. The van der Waals surface area contributed by atoms with Gasteiger partial charge < -0.3 is 14.3 Å². The number of hydrogen-bond acceptors (Lipinski definition) is 4. The number of hydrogen-bond donors (Lipinski definition) is 0. The lowest BCUT2D eigenvalue weighted by Crippen LogP contribution is -2.24. The molecule has 0 amide bonds. The largest absolute Gasteiger partial charge is 0.489 e. The summed E-state index contributed by atoms with van der Waals surface area (Å²) in [7, 11) is 0. The Bertz CT molecular complexity index is 1260. The van der Waals surface area contributed by atoms with Crippen molar-refractivity contribution >= 4 is 28.0 Å². The van der Waals surface area contributed by atoms with Crippen molar-refractivity contribution in [2.75, 3.05) is 0 Å². The van der Waals surface area contributed by atoms with Gasteiger partial charge in [-0.2, -0.15) is 0 Å². The molecule has 0 heterocycles. The summed E-state index contributed by atoms with van der Waals surface area (Å²) in [5.41, 5.74) is 4.00. The van der Waals surface area contributed by atoms with Gasteiger partial charge in [-0.3, -0.25) is 4.79 Å². The fourth-order valence-corrected chi connectivity index (χ4v) is 4.73. The van der Waals surface area contributed by atoms with Crippen LogP contribution in [0.3, 0.4) is 0 Å². The van der Waals surface area contributed by atoms with Crippen LogP contribution >= 0.6 is 15.9 Å². The lowest BCUT2D eigenvalue weighted by Gasteiger charge is -2.18. The molecule has 4 aromatic rings. The van der Waals surface area contributed by atoms with E-state index < -0.39 is 10.7 Å². The molecular weight excluding hydrogens is 528 g/mol. The zero-order valence-electron chi connectivity index (χ0n) is 20.5. The molecule has 188 valence electrons. The van der Waals surface area contributed by atoms with E-state index in [2.05, 4.69) is 15.9 Å². The minimum atomic E-state index is -0.515. The molecule has 0 aliphatic heterocycles. The molecule has 2 unspecified atom stereocenters. The van der Waals surface area contributed by atoms with Crippen LogP contribution in [0.15, 0.2) is 109 Å². The number of ketones is 1. The van der Waals surface area contributed by atoms with Gasteiger partial charge in [0.05, 0.1) is 10.7 Å². The second-order valence-corrected chi connectivity index (χ2v) is 9.90. The average molecular weight is 557 g/mol. The summed E-state index contributed by atoms with van der Waals surface area (Å²) < 4.78 is 11.7. The summed E-state index contributed by atoms with van der Waals surface area (Å²) in [6.07, 6.45) is 1.46. The fourth-order valence-electron chi connectivity index (χ4n) is 4.04. The standard InChI is InChI=1S/C32H29BrO4/c33-31(21-24-11-15-28(16-12-24)36-22-25-7-3-1-4-8-25)32(35)30(19-20-34)27-13-17-29(18-14-27)37-23-26-9-5-2-6-10-26/h1-18,20,30-31H,19,21-23H2. The molecule has 0 aromatic heterocycles. The first-order valence-electron chi connectivity index (χ1n) is 12.3. The number of alkyl halides is 1. The van der Waals surface area contributed by atoms with Crippen LogP contribution in [-0.4, -0.2) is 16.9 Å². The highest BCUT2D eigenvalue weighted by molar-refractivity contribution is 9.10. The van der Waals surface area contributed by atoms with E-state index in [1.165, 1.54) is 0 Å². The van der Waals surface area contributed by atoms with Crippen LogP contribution in [0.25, 0.3) is 0 Å². The highest BCUT2D eigenvalue weighted by atomic mass is 79.9. The Kier molecular flexibility index (Phi) is 9.67. The van der Waals surface area contributed by atoms with Crippen LogP contribution in [0, 0.1) is 0 Å². The summed E-state index contributed by atoms with van der Waals surface area (Å²) in [5.74, 6) is 0.960. The van der Waals surface area contributed by atoms with E-state index in [0.717, 1.165) is 40.0 Å². The van der Waals surface area contributed by atoms with Crippen LogP contribution in [-0.2, 0) is 29.2 Å². The molecule has 5 heteroatoms. The SMILES string of the molecule is O=CCC(C(=O)C(Br)Cc1ccc(OCc2ccccc2)cc1)c1ccc(OCc2ccccc2)cc1. The second-order valence-electron chi connectivity index (χ2n) is 8.79. The first kappa shape index (κ1) is 26.4. The van der Waals surface area contributed by atoms with Crippen molar-refractivity contribution < 1.29 is 19.1 Å². The normalized spacial score (nSPS) is 12.4. The van der Waals surface area contributed by atoms with Gasteiger partial charge in [0.15, 0.2) is 5.78 Å². The Morgan fingerprint density at radius 1 is 0.676 bits per heavy atom. The van der Waals surface area contributed by atoms with Crippen LogP contribution in [0.4, 0.5) is 0 Å². The van der Waals surface area contributed by atoms with Crippen molar-refractivity contribution in [2.45, 2.75) is 36.8 Å². The first-order valence-corrected chi connectivity index (χ1v) is 13.2. The Morgan fingerprint density at radius 3 is 1.65 bits per heavy atom. The third kappa shape index (κ3) is 7.89. The van der Waals surface area contributed by atoms with Crippen LogP contribution in [0.1, 0.15) is 34.6 Å². The van der Waals surface area contributed by atoms with Gasteiger partial charge in [-0.1, -0.05) is 101 Å². The lowest BCUT2D eigenvalue weighted by molar-refractivity contribution is -0.121. The van der Waals surface area contributed by atoms with Crippen LogP contribution in [0.2, 0.25) is 0 Å². The molecule has 4 rings (SSSR count). The van der Waals surface area contributed by atoms with E-state index in [4.69, 9.17) is 9.47 Å².